The number of nitrogens with zero attached hydrogens (tertiary/aromatic N) is 1. The topological polar surface area (TPSA) is 104 Å². The Bertz CT molecular complexity index is 443. The van der Waals surface area contributed by atoms with Crippen LogP contribution in [0.1, 0.15) is 11.7 Å². The third kappa shape index (κ3) is 2.68. The van der Waals surface area contributed by atoms with E-state index in [0.717, 1.165) is 0 Å². The van der Waals surface area contributed by atoms with Gasteiger partial charge in [-0.15, -0.1) is 0 Å². The zero-order chi connectivity index (χ0) is 13.2. The van der Waals surface area contributed by atoms with Crippen molar-refractivity contribution in [3.8, 4) is 5.75 Å². The van der Waals surface area contributed by atoms with Crippen LogP contribution in [0, 0.1) is 10.1 Å². The molecule has 0 aliphatic heterocycles. The third-order valence-electron chi connectivity index (χ3n) is 2.23. The maximum atomic E-state index is 10.8. The number of hydrogen-bond acceptors (Lipinski definition) is 5. The van der Waals surface area contributed by atoms with Crippen molar-refractivity contribution in [2.24, 2.45) is 0 Å². The van der Waals surface area contributed by atoms with Crippen molar-refractivity contribution in [1.82, 2.24) is 0 Å². The molecule has 0 amide bonds. The summed E-state index contributed by atoms with van der Waals surface area (Å²) in [6, 6.07) is 3.67. The summed E-state index contributed by atoms with van der Waals surface area (Å²) >= 11 is 8.31. The number of halogens is 2. The van der Waals surface area contributed by atoms with E-state index < -0.39 is 22.1 Å². The van der Waals surface area contributed by atoms with E-state index in [2.05, 4.69) is 15.9 Å². The second-order valence-electron chi connectivity index (χ2n) is 3.35. The first-order valence-electron chi connectivity index (χ1n) is 4.43. The molecule has 8 heteroatoms. The van der Waals surface area contributed by atoms with Gasteiger partial charge in [0.15, 0.2) is 6.10 Å². The average Bonchev–Trinajstić information content (AvgIpc) is 2.30. The van der Waals surface area contributed by atoms with Crippen molar-refractivity contribution in [2.45, 2.75) is 10.6 Å². The van der Waals surface area contributed by atoms with Crippen molar-refractivity contribution >= 4 is 27.5 Å². The molecular formula is C9H9BrClNO5. The molecule has 1 aromatic rings. The van der Waals surface area contributed by atoms with Gasteiger partial charge in [0, 0.05) is 20.9 Å². The number of alkyl halides is 1. The van der Waals surface area contributed by atoms with Gasteiger partial charge in [0.1, 0.15) is 12.4 Å². The second-order valence-corrected chi connectivity index (χ2v) is 5.13. The summed E-state index contributed by atoms with van der Waals surface area (Å²) in [5.74, 6) is -0.201. The summed E-state index contributed by atoms with van der Waals surface area (Å²) in [5.41, 5.74) is 0.107. The lowest BCUT2D eigenvalue weighted by molar-refractivity contribution is -0.552. The molecule has 2 atom stereocenters. The van der Waals surface area contributed by atoms with Crippen LogP contribution in [0.25, 0.3) is 0 Å². The van der Waals surface area contributed by atoms with Crippen LogP contribution < -0.4 is 0 Å². The van der Waals surface area contributed by atoms with Crippen LogP contribution in [-0.4, -0.2) is 31.3 Å². The van der Waals surface area contributed by atoms with Gasteiger partial charge in [-0.05, 0) is 17.7 Å². The number of aliphatic hydroxyl groups excluding tert-OH is 2. The number of hydrogen-bond donors (Lipinski definition) is 3. The van der Waals surface area contributed by atoms with E-state index >= 15 is 0 Å². The Balaban J connectivity index is 3.14. The van der Waals surface area contributed by atoms with Gasteiger partial charge in [0.2, 0.25) is 0 Å². The lowest BCUT2D eigenvalue weighted by Gasteiger charge is -2.22. The zero-order valence-electron chi connectivity index (χ0n) is 8.38. The Kier molecular flexibility index (Phi) is 4.31. The molecule has 0 saturated heterocycles. The molecule has 1 rings (SSSR count). The highest BCUT2D eigenvalue weighted by Crippen LogP contribution is 2.36. The van der Waals surface area contributed by atoms with Crippen LogP contribution in [-0.2, 0) is 0 Å². The maximum Gasteiger partial charge on any atom is 0.326 e. The Labute approximate surface area is 110 Å². The van der Waals surface area contributed by atoms with E-state index in [9.17, 15) is 20.3 Å². The standard InChI is InChI=1S/C9H9BrClNO5/c10-9(4-13,12(16)17)8(15)5-1-2-7(14)6(11)3-5/h1-3,8,13-15H,4H2. The SMILES string of the molecule is O=[N+]([O-])C(Br)(CO)C(O)c1ccc(O)c(Cl)c1. The van der Waals surface area contributed by atoms with Gasteiger partial charge in [-0.3, -0.25) is 10.1 Å². The predicted octanol–water partition coefficient (Wildman–Crippen LogP) is 1.44. The summed E-state index contributed by atoms with van der Waals surface area (Å²) < 4.78 is -2.10. The van der Waals surface area contributed by atoms with Gasteiger partial charge in [-0.2, -0.15) is 0 Å². The van der Waals surface area contributed by atoms with E-state index in [0.29, 0.717) is 0 Å². The van der Waals surface area contributed by atoms with E-state index in [-0.39, 0.29) is 16.3 Å². The molecule has 17 heavy (non-hydrogen) atoms. The molecule has 2 unspecified atom stereocenters. The lowest BCUT2D eigenvalue weighted by atomic mass is 10.0. The molecule has 0 bridgehead atoms. The predicted molar refractivity (Wildman–Crippen MR) is 63.8 cm³/mol. The Morgan fingerprint density at radius 1 is 1.59 bits per heavy atom. The van der Waals surface area contributed by atoms with Crippen LogP contribution in [0.5, 0.6) is 5.75 Å². The molecule has 6 nitrogen and oxygen atoms in total. The highest BCUT2D eigenvalue weighted by molar-refractivity contribution is 9.10. The van der Waals surface area contributed by atoms with Crippen LogP contribution in [0.2, 0.25) is 5.02 Å². The lowest BCUT2D eigenvalue weighted by Crippen LogP contribution is -2.41. The van der Waals surface area contributed by atoms with Gasteiger partial charge in [-0.25, -0.2) is 0 Å². The minimum Gasteiger partial charge on any atom is -0.506 e. The van der Waals surface area contributed by atoms with Crippen molar-refractivity contribution < 1.29 is 20.2 Å². The highest BCUT2D eigenvalue weighted by atomic mass is 79.9. The van der Waals surface area contributed by atoms with Crippen LogP contribution in [0.3, 0.4) is 0 Å². The van der Waals surface area contributed by atoms with E-state index in [1.165, 1.54) is 18.2 Å². The largest absolute Gasteiger partial charge is 0.506 e. The minimum absolute atomic E-state index is 0.0438. The van der Waals surface area contributed by atoms with Gasteiger partial charge < -0.3 is 15.3 Å². The third-order valence-corrected chi connectivity index (χ3v) is 3.51. The number of aromatic hydroxyl groups is 1. The fraction of sp³-hybridized carbons (Fsp3) is 0.333. The number of phenols is 1. The molecule has 3 N–H and O–H groups in total. The van der Waals surface area contributed by atoms with Crippen molar-refractivity contribution in [3.63, 3.8) is 0 Å². The van der Waals surface area contributed by atoms with E-state index in [1.807, 2.05) is 0 Å². The fourth-order valence-electron chi connectivity index (χ4n) is 1.19. The average molecular weight is 327 g/mol. The number of aliphatic hydroxyl groups is 2. The van der Waals surface area contributed by atoms with E-state index in [4.69, 9.17) is 16.7 Å². The van der Waals surface area contributed by atoms with Gasteiger partial charge in [0.25, 0.3) is 0 Å². The van der Waals surface area contributed by atoms with Crippen LogP contribution in [0.4, 0.5) is 0 Å². The summed E-state index contributed by atoms with van der Waals surface area (Å²) in [7, 11) is 0. The monoisotopic (exact) mass is 325 g/mol. The molecule has 0 spiro atoms. The molecule has 0 saturated carbocycles. The number of nitro groups is 1. The summed E-state index contributed by atoms with van der Waals surface area (Å²) in [5, 5.41) is 38.7. The first kappa shape index (κ1) is 14.2. The van der Waals surface area contributed by atoms with Crippen LogP contribution >= 0.6 is 27.5 Å². The maximum absolute atomic E-state index is 10.8. The molecule has 94 valence electrons. The normalized spacial score (nSPS) is 16.2. The van der Waals surface area contributed by atoms with Crippen molar-refractivity contribution in [3.05, 3.63) is 38.9 Å². The van der Waals surface area contributed by atoms with Gasteiger partial charge >= 0.3 is 4.45 Å². The first-order valence-corrected chi connectivity index (χ1v) is 5.60. The quantitative estimate of drug-likeness (QED) is 0.336. The van der Waals surface area contributed by atoms with Crippen LogP contribution in [0.15, 0.2) is 18.2 Å². The number of phenolic OH excluding ortho intramolecular Hbond substituents is 1. The number of rotatable bonds is 4. The second kappa shape index (κ2) is 5.18. The molecule has 0 aromatic heterocycles. The molecular weight excluding hydrogens is 317 g/mol. The van der Waals surface area contributed by atoms with E-state index in [1.54, 1.807) is 0 Å². The minimum atomic E-state index is -2.10. The molecule has 0 heterocycles. The number of benzene rings is 1. The van der Waals surface area contributed by atoms with Crippen molar-refractivity contribution in [2.75, 3.05) is 6.61 Å². The molecule has 1 aromatic carbocycles. The first-order chi connectivity index (χ1) is 7.82. The fourth-order valence-corrected chi connectivity index (χ4v) is 1.65. The highest BCUT2D eigenvalue weighted by Gasteiger charge is 2.48. The summed E-state index contributed by atoms with van der Waals surface area (Å²) in [4.78, 5) is 9.94. The zero-order valence-corrected chi connectivity index (χ0v) is 10.7. The van der Waals surface area contributed by atoms with Crippen molar-refractivity contribution in [1.29, 1.82) is 0 Å². The molecule has 0 aliphatic rings. The molecule has 0 fully saturated rings. The Hall–Kier alpha value is -0.890. The molecule has 0 aliphatic carbocycles. The Morgan fingerprint density at radius 2 is 2.18 bits per heavy atom. The summed E-state index contributed by atoms with van der Waals surface area (Å²) in [6.45, 7) is -0.903. The van der Waals surface area contributed by atoms with Gasteiger partial charge in [0.05, 0.1) is 5.02 Å². The van der Waals surface area contributed by atoms with Gasteiger partial charge in [-0.1, -0.05) is 17.7 Å². The molecule has 0 radical (unpaired) electrons. The summed E-state index contributed by atoms with van der Waals surface area (Å²) in [6.07, 6.45) is -1.61. The Morgan fingerprint density at radius 3 is 2.59 bits per heavy atom. The smallest absolute Gasteiger partial charge is 0.326 e.